The van der Waals surface area contributed by atoms with Crippen LogP contribution in [0.5, 0.6) is 0 Å². The van der Waals surface area contributed by atoms with E-state index in [1.807, 2.05) is 6.92 Å². The molecule has 0 aromatic carbocycles. The summed E-state index contributed by atoms with van der Waals surface area (Å²) >= 11 is 0. The molecular formula is C9H19O2. The molecule has 67 valence electrons. The monoisotopic (exact) mass is 159 g/mol. The Kier molecular flexibility index (Phi) is 7.96. The highest BCUT2D eigenvalue weighted by Gasteiger charge is 2.04. The van der Waals surface area contributed by atoms with Crippen LogP contribution in [0.4, 0.5) is 0 Å². The van der Waals surface area contributed by atoms with Crippen molar-refractivity contribution >= 4 is 0 Å². The average molecular weight is 159 g/mol. The van der Waals surface area contributed by atoms with Gasteiger partial charge in [0.1, 0.15) is 0 Å². The lowest BCUT2D eigenvalue weighted by atomic mass is 10.2. The standard InChI is InChI=1S/C9H19O2/c1-4-6-7-8-9(10-3)11-5-2/h5,9H,4,6-8H2,1-3H3. The Bertz CT molecular complexity index is 74.0. The van der Waals surface area contributed by atoms with E-state index in [0.29, 0.717) is 0 Å². The molecule has 0 rings (SSSR count). The van der Waals surface area contributed by atoms with Gasteiger partial charge < -0.3 is 9.47 Å². The highest BCUT2D eigenvalue weighted by Crippen LogP contribution is 2.07. The van der Waals surface area contributed by atoms with Gasteiger partial charge in [-0.15, -0.1) is 0 Å². The quantitative estimate of drug-likeness (QED) is 0.420. The van der Waals surface area contributed by atoms with Crippen molar-refractivity contribution in [3.05, 3.63) is 6.61 Å². The summed E-state index contributed by atoms with van der Waals surface area (Å²) in [6.07, 6.45) is 4.64. The molecule has 0 N–H and O–H groups in total. The van der Waals surface area contributed by atoms with Gasteiger partial charge >= 0.3 is 0 Å². The van der Waals surface area contributed by atoms with Crippen molar-refractivity contribution in [3.8, 4) is 0 Å². The fraction of sp³-hybridized carbons (Fsp3) is 0.889. The summed E-state index contributed by atoms with van der Waals surface area (Å²) in [4.78, 5) is 0. The van der Waals surface area contributed by atoms with Gasteiger partial charge in [0.05, 0.1) is 6.61 Å². The molecule has 1 unspecified atom stereocenters. The van der Waals surface area contributed by atoms with E-state index in [-0.39, 0.29) is 6.29 Å². The molecular weight excluding hydrogens is 140 g/mol. The van der Waals surface area contributed by atoms with E-state index < -0.39 is 0 Å². The molecule has 0 saturated heterocycles. The summed E-state index contributed by atoms with van der Waals surface area (Å²) in [6.45, 7) is 5.74. The first-order valence-electron chi connectivity index (χ1n) is 4.31. The molecule has 1 atom stereocenters. The van der Waals surface area contributed by atoms with E-state index in [0.717, 1.165) is 6.42 Å². The van der Waals surface area contributed by atoms with E-state index in [1.165, 1.54) is 19.3 Å². The SMILES string of the molecule is C[CH]OC(CCCCC)OC. The lowest BCUT2D eigenvalue weighted by Crippen LogP contribution is -2.12. The van der Waals surface area contributed by atoms with Crippen LogP contribution in [0.2, 0.25) is 0 Å². The van der Waals surface area contributed by atoms with Gasteiger partial charge in [-0.05, 0) is 19.8 Å². The van der Waals surface area contributed by atoms with Crippen molar-refractivity contribution in [2.75, 3.05) is 7.11 Å². The molecule has 0 heterocycles. The normalized spacial score (nSPS) is 13.4. The molecule has 0 fully saturated rings. The zero-order valence-corrected chi connectivity index (χ0v) is 7.80. The number of hydrogen-bond donors (Lipinski definition) is 0. The maximum absolute atomic E-state index is 5.19. The Morgan fingerprint density at radius 2 is 2.09 bits per heavy atom. The molecule has 0 bridgehead atoms. The predicted octanol–water partition coefficient (Wildman–Crippen LogP) is 2.74. The number of ether oxygens (including phenoxy) is 2. The molecule has 0 aliphatic carbocycles. The molecule has 11 heavy (non-hydrogen) atoms. The summed E-state index contributed by atoms with van der Waals surface area (Å²) in [6, 6.07) is 0. The third-order valence-corrected chi connectivity index (χ3v) is 1.59. The molecule has 0 aromatic heterocycles. The van der Waals surface area contributed by atoms with E-state index >= 15 is 0 Å². The molecule has 2 nitrogen and oxygen atoms in total. The molecule has 0 spiro atoms. The smallest absolute Gasteiger partial charge is 0.157 e. The number of hydrogen-bond acceptors (Lipinski definition) is 2. The minimum atomic E-state index is -0.0356. The van der Waals surface area contributed by atoms with Crippen LogP contribution in [-0.2, 0) is 9.47 Å². The van der Waals surface area contributed by atoms with Gasteiger partial charge in [-0.1, -0.05) is 19.8 Å². The maximum atomic E-state index is 5.19. The summed E-state index contributed by atoms with van der Waals surface area (Å²) in [5.41, 5.74) is 0. The Morgan fingerprint density at radius 1 is 1.36 bits per heavy atom. The first-order chi connectivity index (χ1) is 5.35. The first-order valence-corrected chi connectivity index (χ1v) is 4.31. The number of rotatable bonds is 7. The highest BCUT2D eigenvalue weighted by molar-refractivity contribution is 4.48. The fourth-order valence-electron chi connectivity index (χ4n) is 0.954. The summed E-state index contributed by atoms with van der Waals surface area (Å²) in [7, 11) is 1.68. The van der Waals surface area contributed by atoms with E-state index in [2.05, 4.69) is 6.92 Å². The van der Waals surface area contributed by atoms with E-state index in [1.54, 1.807) is 13.7 Å². The third kappa shape index (κ3) is 6.32. The van der Waals surface area contributed by atoms with Gasteiger partial charge in [0.2, 0.25) is 0 Å². The lowest BCUT2D eigenvalue weighted by molar-refractivity contribution is -0.103. The van der Waals surface area contributed by atoms with Gasteiger partial charge in [-0.2, -0.15) is 0 Å². The van der Waals surface area contributed by atoms with Crippen LogP contribution in [0.25, 0.3) is 0 Å². The molecule has 0 aliphatic rings. The molecule has 2 heteroatoms. The maximum Gasteiger partial charge on any atom is 0.157 e. The molecule has 0 aliphatic heterocycles. The Morgan fingerprint density at radius 3 is 2.55 bits per heavy atom. The zero-order valence-electron chi connectivity index (χ0n) is 7.80. The fourth-order valence-corrected chi connectivity index (χ4v) is 0.954. The van der Waals surface area contributed by atoms with Crippen LogP contribution in [0, 0.1) is 6.61 Å². The van der Waals surface area contributed by atoms with Crippen LogP contribution < -0.4 is 0 Å². The van der Waals surface area contributed by atoms with Crippen molar-refractivity contribution in [1.29, 1.82) is 0 Å². The second kappa shape index (κ2) is 8.02. The number of unbranched alkanes of at least 4 members (excludes halogenated alkanes) is 2. The van der Waals surface area contributed by atoms with Crippen molar-refractivity contribution in [3.63, 3.8) is 0 Å². The van der Waals surface area contributed by atoms with Gasteiger partial charge in [-0.25, -0.2) is 0 Å². The van der Waals surface area contributed by atoms with Gasteiger partial charge in [0, 0.05) is 7.11 Å². The first kappa shape index (κ1) is 10.9. The largest absolute Gasteiger partial charge is 0.356 e. The van der Waals surface area contributed by atoms with Crippen LogP contribution >= 0.6 is 0 Å². The minimum absolute atomic E-state index is 0.0356. The van der Waals surface area contributed by atoms with E-state index in [4.69, 9.17) is 9.47 Å². The highest BCUT2D eigenvalue weighted by atomic mass is 16.7. The van der Waals surface area contributed by atoms with Crippen molar-refractivity contribution < 1.29 is 9.47 Å². The second-order valence-corrected chi connectivity index (χ2v) is 2.53. The Hall–Kier alpha value is -0.0800. The van der Waals surface area contributed by atoms with Gasteiger partial charge in [0.25, 0.3) is 0 Å². The predicted molar refractivity (Wildman–Crippen MR) is 46.0 cm³/mol. The second-order valence-electron chi connectivity index (χ2n) is 2.53. The van der Waals surface area contributed by atoms with Crippen molar-refractivity contribution in [2.24, 2.45) is 0 Å². The third-order valence-electron chi connectivity index (χ3n) is 1.59. The van der Waals surface area contributed by atoms with Gasteiger partial charge in [0.15, 0.2) is 6.29 Å². The van der Waals surface area contributed by atoms with Gasteiger partial charge in [-0.3, -0.25) is 0 Å². The van der Waals surface area contributed by atoms with Crippen molar-refractivity contribution in [2.45, 2.75) is 45.8 Å². The van der Waals surface area contributed by atoms with Crippen LogP contribution in [0.15, 0.2) is 0 Å². The van der Waals surface area contributed by atoms with E-state index in [9.17, 15) is 0 Å². The van der Waals surface area contributed by atoms with Crippen LogP contribution in [0.1, 0.15) is 39.5 Å². The molecule has 0 amide bonds. The topological polar surface area (TPSA) is 18.5 Å². The summed E-state index contributed by atoms with van der Waals surface area (Å²) in [5, 5.41) is 0. The molecule has 1 radical (unpaired) electrons. The molecule has 0 aromatic rings. The summed E-state index contributed by atoms with van der Waals surface area (Å²) in [5.74, 6) is 0. The number of methoxy groups -OCH3 is 1. The lowest BCUT2D eigenvalue weighted by Gasteiger charge is -2.13. The Balaban J connectivity index is 3.20. The van der Waals surface area contributed by atoms with Crippen LogP contribution in [0.3, 0.4) is 0 Å². The van der Waals surface area contributed by atoms with Crippen molar-refractivity contribution in [1.82, 2.24) is 0 Å². The van der Waals surface area contributed by atoms with Crippen LogP contribution in [-0.4, -0.2) is 13.4 Å². The summed E-state index contributed by atoms with van der Waals surface area (Å²) < 4.78 is 10.3. The molecule has 0 saturated carbocycles. The Labute approximate surface area is 69.9 Å². The average Bonchev–Trinajstić information content (AvgIpc) is 2.03. The minimum Gasteiger partial charge on any atom is -0.356 e. The zero-order chi connectivity index (χ0) is 8.53.